The van der Waals surface area contributed by atoms with E-state index in [1.807, 2.05) is 6.07 Å². The Morgan fingerprint density at radius 2 is 1.90 bits per heavy atom. The largest absolute Gasteiger partial charge is 0.464 e. The highest BCUT2D eigenvalue weighted by Crippen LogP contribution is 2.20. The highest BCUT2D eigenvalue weighted by molar-refractivity contribution is 5.56. The van der Waals surface area contributed by atoms with E-state index < -0.39 is 6.86 Å². The molecule has 106 valence electrons. The van der Waals surface area contributed by atoms with Crippen LogP contribution in [0.5, 0.6) is 5.75 Å². The van der Waals surface area contributed by atoms with Crippen LogP contribution in [0.3, 0.4) is 0 Å². The molecule has 2 heterocycles. The molecule has 21 heavy (non-hydrogen) atoms. The van der Waals surface area contributed by atoms with Crippen molar-refractivity contribution in [1.29, 1.82) is 0 Å². The van der Waals surface area contributed by atoms with E-state index in [0.717, 1.165) is 5.56 Å². The van der Waals surface area contributed by atoms with Crippen molar-refractivity contribution in [2.24, 2.45) is 0 Å². The van der Waals surface area contributed by atoms with E-state index in [2.05, 4.69) is 0 Å². The molecule has 0 amide bonds. The molecular weight excluding hydrogens is 273 g/mol. The zero-order chi connectivity index (χ0) is 14.7. The van der Waals surface area contributed by atoms with Gasteiger partial charge in [-0.3, -0.25) is 9.36 Å². The van der Waals surface area contributed by atoms with Gasteiger partial charge in [0.1, 0.15) is 11.5 Å². The smallest absolute Gasteiger partial charge is 0.255 e. The predicted octanol–water partition coefficient (Wildman–Crippen LogP) is 3.40. The van der Waals surface area contributed by atoms with Crippen molar-refractivity contribution in [2.75, 3.05) is 6.86 Å². The van der Waals surface area contributed by atoms with E-state index in [0.29, 0.717) is 17.2 Å². The number of aromatic nitrogens is 1. The molecule has 3 aromatic rings. The van der Waals surface area contributed by atoms with Crippen molar-refractivity contribution in [1.82, 2.24) is 4.57 Å². The molecule has 0 saturated heterocycles. The fourth-order valence-electron chi connectivity index (χ4n) is 2.04. The fraction of sp³-hybridized carbons (Fsp3) is 0.0625. The van der Waals surface area contributed by atoms with Gasteiger partial charge < -0.3 is 9.15 Å². The number of hydrogen-bond donors (Lipinski definition) is 0. The first-order valence-corrected chi connectivity index (χ1v) is 6.34. The van der Waals surface area contributed by atoms with Gasteiger partial charge in [0.2, 0.25) is 6.86 Å². The second-order valence-corrected chi connectivity index (χ2v) is 4.35. The molecule has 0 fully saturated rings. The van der Waals surface area contributed by atoms with Crippen LogP contribution in [-0.2, 0) is 0 Å². The van der Waals surface area contributed by atoms with Crippen LogP contribution in [0, 0.1) is 0 Å². The van der Waals surface area contributed by atoms with Gasteiger partial charge >= 0.3 is 0 Å². The topological polar surface area (TPSA) is 44.4 Å². The molecule has 4 nitrogen and oxygen atoms in total. The minimum atomic E-state index is -0.882. The Hall–Kier alpha value is -2.82. The van der Waals surface area contributed by atoms with Gasteiger partial charge in [-0.05, 0) is 42.5 Å². The Bertz CT molecular complexity index is 776. The van der Waals surface area contributed by atoms with Crippen molar-refractivity contribution < 1.29 is 13.5 Å². The SMILES string of the molecule is O=c1ccc(-c2ccco2)cn1-c1ccc(OCF)cc1. The molecule has 0 aliphatic rings. The highest BCUT2D eigenvalue weighted by Gasteiger charge is 2.05. The number of ether oxygens (including phenoxy) is 1. The molecule has 0 atom stereocenters. The molecule has 0 N–H and O–H groups in total. The van der Waals surface area contributed by atoms with Gasteiger partial charge in [0.25, 0.3) is 5.56 Å². The molecule has 2 aromatic heterocycles. The van der Waals surface area contributed by atoms with Crippen molar-refractivity contribution >= 4 is 0 Å². The maximum atomic E-state index is 12.1. The molecule has 5 heteroatoms. The summed E-state index contributed by atoms with van der Waals surface area (Å²) < 4.78 is 23.7. The van der Waals surface area contributed by atoms with Crippen molar-refractivity contribution in [3.63, 3.8) is 0 Å². The number of alkyl halides is 1. The lowest BCUT2D eigenvalue weighted by Crippen LogP contribution is -2.16. The Morgan fingerprint density at radius 1 is 1.10 bits per heavy atom. The third-order valence-corrected chi connectivity index (χ3v) is 3.05. The van der Waals surface area contributed by atoms with E-state index in [9.17, 15) is 9.18 Å². The van der Waals surface area contributed by atoms with E-state index in [1.165, 1.54) is 10.6 Å². The normalized spacial score (nSPS) is 10.5. The average Bonchev–Trinajstić information content (AvgIpc) is 3.03. The molecule has 0 unspecified atom stereocenters. The lowest BCUT2D eigenvalue weighted by molar-refractivity contribution is 0.192. The summed E-state index contributed by atoms with van der Waals surface area (Å²) in [4.78, 5) is 12.0. The lowest BCUT2D eigenvalue weighted by atomic mass is 10.2. The lowest BCUT2D eigenvalue weighted by Gasteiger charge is -2.08. The molecule has 3 rings (SSSR count). The zero-order valence-electron chi connectivity index (χ0n) is 11.0. The van der Waals surface area contributed by atoms with Gasteiger partial charge in [-0.2, -0.15) is 0 Å². The van der Waals surface area contributed by atoms with Gasteiger partial charge in [0, 0.05) is 23.5 Å². The first-order valence-electron chi connectivity index (χ1n) is 6.34. The summed E-state index contributed by atoms with van der Waals surface area (Å²) in [6.45, 7) is -0.882. The molecule has 0 radical (unpaired) electrons. The first kappa shape index (κ1) is 13.2. The minimum Gasteiger partial charge on any atom is -0.464 e. The summed E-state index contributed by atoms with van der Waals surface area (Å²) >= 11 is 0. The summed E-state index contributed by atoms with van der Waals surface area (Å²) in [5, 5.41) is 0. The molecule has 0 spiro atoms. The number of halogens is 1. The van der Waals surface area contributed by atoms with Crippen LogP contribution in [0.2, 0.25) is 0 Å². The van der Waals surface area contributed by atoms with Crippen LogP contribution in [0.25, 0.3) is 17.0 Å². The summed E-state index contributed by atoms with van der Waals surface area (Å²) in [7, 11) is 0. The monoisotopic (exact) mass is 285 g/mol. The average molecular weight is 285 g/mol. The minimum absolute atomic E-state index is 0.163. The summed E-state index contributed by atoms with van der Waals surface area (Å²) in [5.41, 5.74) is 1.30. The highest BCUT2D eigenvalue weighted by atomic mass is 19.1. The predicted molar refractivity (Wildman–Crippen MR) is 76.3 cm³/mol. The van der Waals surface area contributed by atoms with Crippen LogP contribution in [0.1, 0.15) is 0 Å². The van der Waals surface area contributed by atoms with E-state index in [1.54, 1.807) is 48.9 Å². The number of benzene rings is 1. The molecule has 0 saturated carbocycles. The van der Waals surface area contributed by atoms with Gasteiger partial charge in [-0.1, -0.05) is 0 Å². The Kier molecular flexibility index (Phi) is 3.55. The van der Waals surface area contributed by atoms with Crippen LogP contribution in [-0.4, -0.2) is 11.4 Å². The molecule has 1 aromatic carbocycles. The second-order valence-electron chi connectivity index (χ2n) is 4.35. The fourth-order valence-corrected chi connectivity index (χ4v) is 2.04. The van der Waals surface area contributed by atoms with E-state index in [-0.39, 0.29) is 5.56 Å². The number of rotatable bonds is 4. The molecule has 0 aliphatic carbocycles. The van der Waals surface area contributed by atoms with Crippen LogP contribution in [0.15, 0.2) is 70.2 Å². The maximum absolute atomic E-state index is 12.1. The third kappa shape index (κ3) is 2.72. The Morgan fingerprint density at radius 3 is 2.57 bits per heavy atom. The number of pyridine rings is 1. The van der Waals surface area contributed by atoms with Gasteiger partial charge in [0.15, 0.2) is 0 Å². The number of furan rings is 1. The quantitative estimate of drug-likeness (QED) is 0.738. The van der Waals surface area contributed by atoms with Crippen molar-refractivity contribution in [3.05, 3.63) is 71.3 Å². The van der Waals surface area contributed by atoms with Gasteiger partial charge in [-0.25, -0.2) is 4.39 Å². The van der Waals surface area contributed by atoms with Crippen LogP contribution >= 0.6 is 0 Å². The second kappa shape index (κ2) is 5.66. The standard InChI is InChI=1S/C16H12FNO3/c17-11-21-14-6-4-13(5-7-14)18-10-12(3-8-16(18)19)15-2-1-9-20-15/h1-10H,11H2. The first-order chi connectivity index (χ1) is 10.3. The third-order valence-electron chi connectivity index (χ3n) is 3.05. The van der Waals surface area contributed by atoms with Crippen molar-refractivity contribution in [3.8, 4) is 22.8 Å². The maximum Gasteiger partial charge on any atom is 0.255 e. The van der Waals surface area contributed by atoms with E-state index in [4.69, 9.17) is 9.15 Å². The summed E-state index contributed by atoms with van der Waals surface area (Å²) in [6, 6.07) is 13.4. The molecule has 0 bridgehead atoms. The van der Waals surface area contributed by atoms with Gasteiger partial charge in [-0.15, -0.1) is 0 Å². The van der Waals surface area contributed by atoms with Crippen LogP contribution in [0.4, 0.5) is 4.39 Å². The van der Waals surface area contributed by atoms with Gasteiger partial charge in [0.05, 0.1) is 6.26 Å². The summed E-state index contributed by atoms with van der Waals surface area (Å²) in [5.74, 6) is 1.10. The Balaban J connectivity index is 2.01. The number of nitrogens with zero attached hydrogens (tertiary/aromatic N) is 1. The molecular formula is C16H12FNO3. The molecule has 0 aliphatic heterocycles. The van der Waals surface area contributed by atoms with E-state index >= 15 is 0 Å². The Labute approximate surface area is 120 Å². The van der Waals surface area contributed by atoms with Crippen molar-refractivity contribution in [2.45, 2.75) is 0 Å². The number of hydrogen-bond acceptors (Lipinski definition) is 3. The summed E-state index contributed by atoms with van der Waals surface area (Å²) in [6.07, 6.45) is 3.28. The van der Waals surface area contributed by atoms with Crippen LogP contribution < -0.4 is 10.3 Å². The zero-order valence-corrected chi connectivity index (χ0v) is 11.0.